The monoisotopic (exact) mass is 384 g/mol. The smallest absolute Gasteiger partial charge is 0.152 e. The highest BCUT2D eigenvalue weighted by atomic mass is 32.1. The van der Waals surface area contributed by atoms with Crippen molar-refractivity contribution in [3.63, 3.8) is 0 Å². The van der Waals surface area contributed by atoms with Crippen molar-refractivity contribution < 1.29 is 8.78 Å². The fraction of sp³-hybridized carbons (Fsp3) is 0.286. The number of halogens is 2. The molecule has 0 spiro atoms. The molecular weight excluding hydrogens is 364 g/mol. The van der Waals surface area contributed by atoms with Crippen molar-refractivity contribution in [1.29, 1.82) is 0 Å². The molecule has 0 unspecified atom stereocenters. The van der Waals surface area contributed by atoms with Gasteiger partial charge in [-0.15, -0.1) is 11.3 Å². The van der Waals surface area contributed by atoms with Crippen molar-refractivity contribution >= 4 is 17.0 Å². The number of benzene rings is 2. The van der Waals surface area contributed by atoms with Crippen molar-refractivity contribution in [2.24, 2.45) is 0 Å². The van der Waals surface area contributed by atoms with E-state index in [0.717, 1.165) is 38.4 Å². The van der Waals surface area contributed by atoms with Gasteiger partial charge in [-0.25, -0.2) is 13.8 Å². The number of aromatic nitrogens is 1. The van der Waals surface area contributed by atoms with Crippen LogP contribution in [0.3, 0.4) is 0 Å². The molecule has 3 aromatic rings. The largest absolute Gasteiger partial charge is 0.369 e. The molecule has 2 heterocycles. The van der Waals surface area contributed by atoms with E-state index in [1.807, 2.05) is 24.3 Å². The summed E-state index contributed by atoms with van der Waals surface area (Å²) in [5.41, 5.74) is 5.27. The molecule has 0 amide bonds. The number of rotatable bonds is 4. The fourth-order valence-electron chi connectivity index (χ4n) is 3.47. The second-order valence-corrected chi connectivity index (χ2v) is 7.26. The Hall–Kier alpha value is -2.31. The Morgan fingerprint density at radius 2 is 1.74 bits per heavy atom. The van der Waals surface area contributed by atoms with Crippen molar-refractivity contribution in [2.45, 2.75) is 6.92 Å². The first-order chi connectivity index (χ1) is 13.2. The topological polar surface area (TPSA) is 19.4 Å². The maximum atomic E-state index is 15.0. The normalized spacial score (nSPS) is 15.3. The molecule has 0 aliphatic carbocycles. The Bertz CT molecular complexity index is 902. The van der Waals surface area contributed by atoms with Gasteiger partial charge in [-0.2, -0.15) is 0 Å². The maximum absolute atomic E-state index is 15.0. The number of piperazine rings is 1. The van der Waals surface area contributed by atoms with E-state index in [2.05, 4.69) is 27.2 Å². The van der Waals surface area contributed by atoms with Gasteiger partial charge >= 0.3 is 0 Å². The van der Waals surface area contributed by atoms with Crippen molar-refractivity contribution in [1.82, 2.24) is 9.88 Å². The van der Waals surface area contributed by atoms with Gasteiger partial charge in [0.1, 0.15) is 11.6 Å². The van der Waals surface area contributed by atoms with Gasteiger partial charge in [0.15, 0.2) is 5.51 Å². The summed E-state index contributed by atoms with van der Waals surface area (Å²) in [7, 11) is 0. The predicted molar refractivity (Wildman–Crippen MR) is 106 cm³/mol. The Labute approximate surface area is 161 Å². The summed E-state index contributed by atoms with van der Waals surface area (Å²) in [4.78, 5) is 8.74. The molecule has 0 atom stereocenters. The standard InChI is InChI=1S/C21H20F2N3S/c1-2-25-7-9-26(10-8-25)17-5-3-15(4-6-17)18-11-16(22)12-19(21(18)23)20-13-27-14-24-20/h3-6,11-13H,2,7-10H2,1H3. The van der Waals surface area contributed by atoms with Gasteiger partial charge in [-0.3, -0.25) is 0 Å². The Morgan fingerprint density at radius 1 is 1.04 bits per heavy atom. The quantitative estimate of drug-likeness (QED) is 0.650. The first-order valence-corrected chi connectivity index (χ1v) is 9.92. The minimum atomic E-state index is -0.478. The minimum absolute atomic E-state index is 0.169. The second-order valence-electron chi connectivity index (χ2n) is 6.61. The van der Waals surface area contributed by atoms with Crippen molar-refractivity contribution in [3.8, 4) is 22.4 Å². The van der Waals surface area contributed by atoms with E-state index >= 15 is 4.39 Å². The molecule has 1 fully saturated rings. The van der Waals surface area contributed by atoms with Crippen LogP contribution in [-0.2, 0) is 0 Å². The number of hydrogen-bond acceptors (Lipinski definition) is 4. The lowest BCUT2D eigenvalue weighted by molar-refractivity contribution is 0.271. The van der Waals surface area contributed by atoms with Crippen LogP contribution in [-0.4, -0.2) is 42.6 Å². The summed E-state index contributed by atoms with van der Waals surface area (Å²) >= 11 is 1.24. The SMILES string of the molecule is CCN1CCN(c2ccc(-c3cc(F)cc(-c4cs[c]n4)c3F)cc2)CC1. The van der Waals surface area contributed by atoms with E-state index in [0.29, 0.717) is 11.3 Å². The molecule has 1 aliphatic rings. The number of likely N-dealkylation sites (N-methyl/N-ethyl adjacent to an activating group) is 1. The van der Waals surface area contributed by atoms with E-state index in [4.69, 9.17) is 0 Å². The van der Waals surface area contributed by atoms with Crippen LogP contribution < -0.4 is 4.90 Å². The summed E-state index contributed by atoms with van der Waals surface area (Å²) < 4.78 is 29.1. The van der Waals surface area contributed by atoms with Crippen molar-refractivity contribution in [2.75, 3.05) is 37.6 Å². The van der Waals surface area contributed by atoms with Crippen LogP contribution in [0.25, 0.3) is 22.4 Å². The summed E-state index contributed by atoms with van der Waals surface area (Å²) in [6.07, 6.45) is 0. The minimum Gasteiger partial charge on any atom is -0.369 e. The highest BCUT2D eigenvalue weighted by molar-refractivity contribution is 7.07. The summed E-state index contributed by atoms with van der Waals surface area (Å²) in [5.74, 6) is -0.936. The zero-order valence-electron chi connectivity index (χ0n) is 15.1. The van der Waals surface area contributed by atoms with Crippen LogP contribution in [0.15, 0.2) is 41.8 Å². The lowest BCUT2D eigenvalue weighted by Gasteiger charge is -2.35. The molecule has 1 radical (unpaired) electrons. The highest BCUT2D eigenvalue weighted by Gasteiger charge is 2.18. The van der Waals surface area contributed by atoms with Gasteiger partial charge < -0.3 is 9.80 Å². The summed E-state index contributed by atoms with van der Waals surface area (Å²) in [6.45, 7) is 7.30. The Kier molecular flexibility index (Phi) is 5.18. The average Bonchev–Trinajstić information content (AvgIpc) is 3.24. The molecule has 0 bridgehead atoms. The maximum Gasteiger partial charge on any atom is 0.152 e. The van der Waals surface area contributed by atoms with Crippen molar-refractivity contribution in [3.05, 3.63) is 58.9 Å². The molecule has 1 aromatic heterocycles. The molecule has 27 heavy (non-hydrogen) atoms. The Balaban J connectivity index is 1.61. The van der Waals surface area contributed by atoms with Crippen LogP contribution in [0.5, 0.6) is 0 Å². The zero-order chi connectivity index (χ0) is 18.8. The molecule has 4 rings (SSSR count). The molecule has 0 saturated carbocycles. The number of thiazole rings is 1. The lowest BCUT2D eigenvalue weighted by atomic mass is 10.00. The molecule has 139 valence electrons. The van der Waals surface area contributed by atoms with Gasteiger partial charge in [0.25, 0.3) is 0 Å². The average molecular weight is 384 g/mol. The molecule has 1 aliphatic heterocycles. The fourth-order valence-corrected chi connectivity index (χ4v) is 3.96. The third-order valence-corrected chi connectivity index (χ3v) is 5.60. The summed E-state index contributed by atoms with van der Waals surface area (Å²) in [5, 5.41) is 1.67. The molecule has 0 N–H and O–H groups in total. The molecule has 2 aromatic carbocycles. The number of hydrogen-bond donors (Lipinski definition) is 0. The van der Waals surface area contributed by atoms with Crippen LogP contribution in [0.2, 0.25) is 0 Å². The predicted octanol–water partition coefficient (Wildman–Crippen LogP) is 4.70. The lowest BCUT2D eigenvalue weighted by Crippen LogP contribution is -2.46. The van der Waals surface area contributed by atoms with Crippen LogP contribution >= 0.6 is 11.3 Å². The van der Waals surface area contributed by atoms with Gasteiger partial charge in [0.2, 0.25) is 0 Å². The third-order valence-electron chi connectivity index (χ3n) is 5.07. The molecular formula is C21H20F2N3S. The van der Waals surface area contributed by atoms with E-state index in [9.17, 15) is 4.39 Å². The summed E-state index contributed by atoms with van der Waals surface area (Å²) in [6, 6.07) is 10.1. The highest BCUT2D eigenvalue weighted by Crippen LogP contribution is 2.33. The van der Waals surface area contributed by atoms with E-state index in [1.54, 1.807) is 5.38 Å². The second kappa shape index (κ2) is 7.74. The van der Waals surface area contributed by atoms with Gasteiger partial charge in [0.05, 0.1) is 5.69 Å². The Morgan fingerprint density at radius 3 is 2.37 bits per heavy atom. The first kappa shape index (κ1) is 18.1. The first-order valence-electron chi connectivity index (χ1n) is 9.04. The van der Waals surface area contributed by atoms with E-state index in [1.165, 1.54) is 23.5 Å². The number of nitrogens with zero attached hydrogens (tertiary/aromatic N) is 3. The van der Waals surface area contributed by atoms with E-state index in [-0.39, 0.29) is 11.1 Å². The van der Waals surface area contributed by atoms with E-state index < -0.39 is 11.6 Å². The number of anilines is 1. The van der Waals surface area contributed by atoms with Gasteiger partial charge in [-0.1, -0.05) is 19.1 Å². The molecule has 3 nitrogen and oxygen atoms in total. The molecule has 1 saturated heterocycles. The molecule has 6 heteroatoms. The van der Waals surface area contributed by atoms with Crippen LogP contribution in [0.1, 0.15) is 6.92 Å². The zero-order valence-corrected chi connectivity index (χ0v) is 15.9. The third kappa shape index (κ3) is 3.73. The van der Waals surface area contributed by atoms with Gasteiger partial charge in [-0.05, 0) is 36.4 Å². The van der Waals surface area contributed by atoms with Crippen LogP contribution in [0, 0.1) is 17.1 Å². The van der Waals surface area contributed by atoms with Crippen LogP contribution in [0.4, 0.5) is 14.5 Å². The van der Waals surface area contributed by atoms with Gasteiger partial charge in [0, 0.05) is 48.4 Å².